The maximum absolute atomic E-state index is 14.2. The Morgan fingerprint density at radius 2 is 1.33 bits per heavy atom. The summed E-state index contributed by atoms with van der Waals surface area (Å²) in [6.07, 6.45) is 21.6. The number of hydrogen-bond acceptors (Lipinski definition) is 3. The number of alkyl halides is 1. The molecule has 0 bridgehead atoms. The van der Waals surface area contributed by atoms with Gasteiger partial charge in [0.15, 0.2) is 11.6 Å². The predicted molar refractivity (Wildman–Crippen MR) is 151 cm³/mol. The third-order valence-electron chi connectivity index (χ3n) is 7.13. The molecular weight excluding hydrogens is 447 g/mol. The second-order valence-corrected chi connectivity index (χ2v) is 10.6. The molecule has 1 heterocycles. The monoisotopic (exact) mass is 498 g/mol. The summed E-state index contributed by atoms with van der Waals surface area (Å²) >= 11 is 0. The van der Waals surface area contributed by atoms with E-state index in [4.69, 9.17) is 4.74 Å². The second-order valence-electron chi connectivity index (χ2n) is 10.6. The van der Waals surface area contributed by atoms with Crippen LogP contribution in [0.25, 0.3) is 11.4 Å². The molecule has 36 heavy (non-hydrogen) atoms. The summed E-state index contributed by atoms with van der Waals surface area (Å²) in [6.45, 7) is 7.06. The molecule has 0 spiro atoms. The first-order chi connectivity index (χ1) is 17.6. The molecule has 2 aromatic rings. The minimum absolute atomic E-state index is 0.362. The normalized spacial score (nSPS) is 13.0. The molecule has 0 N–H and O–H groups in total. The van der Waals surface area contributed by atoms with Crippen molar-refractivity contribution in [2.75, 3.05) is 6.61 Å². The van der Waals surface area contributed by atoms with Gasteiger partial charge in [0.25, 0.3) is 0 Å². The highest BCUT2D eigenvalue weighted by atomic mass is 19.1. The van der Waals surface area contributed by atoms with E-state index in [-0.39, 0.29) is 0 Å². The van der Waals surface area contributed by atoms with Crippen LogP contribution in [0.3, 0.4) is 0 Å². The highest BCUT2D eigenvalue weighted by Gasteiger charge is 2.10. The fourth-order valence-electron chi connectivity index (χ4n) is 4.61. The van der Waals surface area contributed by atoms with E-state index in [0.717, 1.165) is 18.4 Å². The zero-order valence-corrected chi connectivity index (χ0v) is 23.3. The smallest absolute Gasteiger partial charge is 0.159 e. The van der Waals surface area contributed by atoms with Gasteiger partial charge in [0, 0.05) is 12.0 Å². The molecule has 2 atom stereocenters. The molecule has 0 amide bonds. The average Bonchev–Trinajstić information content (AvgIpc) is 2.90. The van der Waals surface area contributed by atoms with Crippen molar-refractivity contribution >= 4 is 0 Å². The first-order valence-electron chi connectivity index (χ1n) is 14.8. The van der Waals surface area contributed by atoms with Gasteiger partial charge in [-0.25, -0.2) is 14.4 Å². The Morgan fingerprint density at radius 1 is 0.722 bits per heavy atom. The lowest BCUT2D eigenvalue weighted by atomic mass is 9.97. The van der Waals surface area contributed by atoms with Gasteiger partial charge in [0.1, 0.15) is 6.17 Å². The van der Waals surface area contributed by atoms with Gasteiger partial charge in [-0.15, -0.1) is 0 Å². The van der Waals surface area contributed by atoms with Crippen LogP contribution in [0.2, 0.25) is 0 Å². The molecule has 0 saturated heterocycles. The van der Waals surface area contributed by atoms with Crippen LogP contribution in [0.1, 0.15) is 123 Å². The topological polar surface area (TPSA) is 35.0 Å². The number of rotatable bonds is 21. The summed E-state index contributed by atoms with van der Waals surface area (Å²) < 4.78 is 19.9. The number of unbranched alkanes of at least 4 members (excludes halogenated alkanes) is 9. The van der Waals surface area contributed by atoms with Gasteiger partial charge in [0.2, 0.25) is 0 Å². The lowest BCUT2D eigenvalue weighted by molar-refractivity contribution is 0.215. The largest absolute Gasteiger partial charge is 0.490 e. The van der Waals surface area contributed by atoms with Crippen LogP contribution < -0.4 is 4.74 Å². The summed E-state index contributed by atoms with van der Waals surface area (Å²) in [4.78, 5) is 8.91. The summed E-state index contributed by atoms with van der Waals surface area (Å²) in [7, 11) is 0. The van der Waals surface area contributed by atoms with Gasteiger partial charge in [0.05, 0.1) is 19.0 Å². The number of nitrogens with zero attached hydrogens (tertiary/aromatic N) is 2. The van der Waals surface area contributed by atoms with Gasteiger partial charge >= 0.3 is 0 Å². The van der Waals surface area contributed by atoms with Crippen molar-refractivity contribution in [2.24, 2.45) is 5.92 Å². The standard InChI is InChI=1S/C32H51FN2O/c1-4-6-8-9-10-11-12-13-14-16-28-18-20-29(21-19-28)32-34-25-31(26-35-32)36-24-23-30(33)22-17-27(3)15-7-5-2/h18-21,25-27,30H,4-17,22-24H2,1-3H3. The van der Waals surface area contributed by atoms with Crippen LogP contribution in [0, 0.1) is 5.92 Å². The summed E-state index contributed by atoms with van der Waals surface area (Å²) in [6, 6.07) is 8.60. The van der Waals surface area contributed by atoms with Crippen LogP contribution in [0.5, 0.6) is 5.75 Å². The lowest BCUT2D eigenvalue weighted by Crippen LogP contribution is -2.09. The number of hydrogen-bond donors (Lipinski definition) is 0. The molecule has 1 aromatic heterocycles. The maximum atomic E-state index is 14.2. The zero-order valence-electron chi connectivity index (χ0n) is 23.3. The zero-order chi connectivity index (χ0) is 25.8. The Labute approximate surface area is 220 Å². The Bertz CT molecular complexity index is 778. The maximum Gasteiger partial charge on any atom is 0.159 e. The highest BCUT2D eigenvalue weighted by Crippen LogP contribution is 2.20. The number of ether oxygens (including phenoxy) is 1. The molecule has 4 heteroatoms. The van der Waals surface area contributed by atoms with Crippen LogP contribution >= 0.6 is 0 Å². The van der Waals surface area contributed by atoms with Crippen molar-refractivity contribution in [3.8, 4) is 17.1 Å². The van der Waals surface area contributed by atoms with Crippen molar-refractivity contribution in [3.63, 3.8) is 0 Å². The van der Waals surface area contributed by atoms with Crippen LogP contribution in [-0.4, -0.2) is 22.7 Å². The third kappa shape index (κ3) is 13.4. The van der Waals surface area contributed by atoms with E-state index in [1.807, 2.05) is 0 Å². The SMILES string of the molecule is CCCCCCCCCCCc1ccc(-c2ncc(OCCC(F)CCC(C)CCCC)cn2)cc1. The fraction of sp³-hybridized carbons (Fsp3) is 0.688. The van der Waals surface area contributed by atoms with Gasteiger partial charge in [-0.05, 0) is 37.2 Å². The molecule has 0 aliphatic heterocycles. The first kappa shape index (κ1) is 30.3. The van der Waals surface area contributed by atoms with E-state index in [2.05, 4.69) is 55.0 Å². The Hall–Kier alpha value is -1.97. The first-order valence-corrected chi connectivity index (χ1v) is 14.8. The quantitative estimate of drug-likeness (QED) is 0.161. The van der Waals surface area contributed by atoms with Crippen molar-refractivity contribution in [3.05, 3.63) is 42.2 Å². The summed E-state index contributed by atoms with van der Waals surface area (Å²) in [5, 5.41) is 0. The van der Waals surface area contributed by atoms with Crippen LogP contribution in [0.4, 0.5) is 4.39 Å². The van der Waals surface area contributed by atoms with Gasteiger partial charge < -0.3 is 4.74 Å². The van der Waals surface area contributed by atoms with Crippen LogP contribution in [0.15, 0.2) is 36.7 Å². The van der Waals surface area contributed by atoms with E-state index in [1.165, 1.54) is 82.6 Å². The molecule has 0 saturated carbocycles. The summed E-state index contributed by atoms with van der Waals surface area (Å²) in [5.74, 6) is 1.90. The van der Waals surface area contributed by atoms with E-state index >= 15 is 0 Å². The minimum atomic E-state index is -0.802. The predicted octanol–water partition coefficient (Wildman–Crippen LogP) is 9.93. The molecule has 2 unspecified atom stereocenters. The molecule has 0 fully saturated rings. The average molecular weight is 499 g/mol. The molecule has 3 nitrogen and oxygen atoms in total. The molecule has 0 aliphatic carbocycles. The molecule has 202 valence electrons. The minimum Gasteiger partial charge on any atom is -0.490 e. The third-order valence-corrected chi connectivity index (χ3v) is 7.13. The fourth-order valence-corrected chi connectivity index (χ4v) is 4.61. The number of benzene rings is 1. The van der Waals surface area contributed by atoms with E-state index in [9.17, 15) is 4.39 Å². The van der Waals surface area contributed by atoms with Gasteiger partial charge in [-0.3, -0.25) is 0 Å². The molecule has 1 aromatic carbocycles. The Morgan fingerprint density at radius 3 is 1.97 bits per heavy atom. The lowest BCUT2D eigenvalue weighted by Gasteiger charge is -2.13. The van der Waals surface area contributed by atoms with Crippen molar-refractivity contribution in [2.45, 2.75) is 130 Å². The number of aryl methyl sites for hydroxylation is 1. The van der Waals surface area contributed by atoms with Crippen molar-refractivity contribution in [1.82, 2.24) is 9.97 Å². The van der Waals surface area contributed by atoms with E-state index in [0.29, 0.717) is 36.9 Å². The molecular formula is C32H51FN2O. The van der Waals surface area contributed by atoms with Gasteiger partial charge in [-0.1, -0.05) is 116 Å². The van der Waals surface area contributed by atoms with E-state index < -0.39 is 6.17 Å². The molecule has 2 rings (SSSR count). The number of aromatic nitrogens is 2. The Kier molecular flexibility index (Phi) is 16.1. The van der Waals surface area contributed by atoms with Crippen molar-refractivity contribution in [1.29, 1.82) is 0 Å². The molecule has 0 radical (unpaired) electrons. The Balaban J connectivity index is 1.62. The second kappa shape index (κ2) is 19.2. The number of halogens is 1. The van der Waals surface area contributed by atoms with Crippen LogP contribution in [-0.2, 0) is 6.42 Å². The summed E-state index contributed by atoms with van der Waals surface area (Å²) in [5.41, 5.74) is 2.39. The molecule has 0 aliphatic rings. The van der Waals surface area contributed by atoms with E-state index in [1.54, 1.807) is 12.4 Å². The van der Waals surface area contributed by atoms with Gasteiger partial charge in [-0.2, -0.15) is 0 Å². The highest BCUT2D eigenvalue weighted by molar-refractivity contribution is 5.55. The van der Waals surface area contributed by atoms with Crippen molar-refractivity contribution < 1.29 is 9.13 Å².